The summed E-state index contributed by atoms with van der Waals surface area (Å²) in [5, 5.41) is 0. The van der Waals surface area contributed by atoms with Crippen molar-refractivity contribution in [3.63, 3.8) is 0 Å². The van der Waals surface area contributed by atoms with Crippen molar-refractivity contribution in [1.82, 2.24) is 14.5 Å². The predicted molar refractivity (Wildman–Crippen MR) is 94.3 cm³/mol. The first-order valence-electron chi connectivity index (χ1n) is 9.40. The van der Waals surface area contributed by atoms with E-state index in [0.717, 1.165) is 37.2 Å². The molecule has 4 rings (SSSR count). The maximum atomic E-state index is 13.2. The van der Waals surface area contributed by atoms with Crippen LogP contribution in [0.25, 0.3) is 0 Å². The zero-order valence-corrected chi connectivity index (χ0v) is 15.0. The Labute approximate surface area is 156 Å². The molecule has 0 N–H and O–H groups in total. The van der Waals surface area contributed by atoms with Gasteiger partial charge in [0, 0.05) is 37.9 Å². The van der Waals surface area contributed by atoms with E-state index in [9.17, 15) is 18.0 Å². The van der Waals surface area contributed by atoms with E-state index in [4.69, 9.17) is 0 Å². The van der Waals surface area contributed by atoms with Gasteiger partial charge in [0.15, 0.2) is 0 Å². The zero-order chi connectivity index (χ0) is 19.0. The highest BCUT2D eigenvalue weighted by Gasteiger charge is 2.37. The van der Waals surface area contributed by atoms with Crippen molar-refractivity contribution in [2.75, 3.05) is 13.1 Å². The predicted octanol–water partition coefficient (Wildman–Crippen LogP) is 4.33. The lowest BCUT2D eigenvalue weighted by Crippen LogP contribution is -2.39. The molecule has 4 nitrogen and oxygen atoms in total. The summed E-state index contributed by atoms with van der Waals surface area (Å²) in [5.74, 6) is 1.51. The van der Waals surface area contributed by atoms with Crippen molar-refractivity contribution < 1.29 is 18.0 Å². The minimum atomic E-state index is -4.53. The third kappa shape index (κ3) is 3.87. The molecule has 1 aromatic heterocycles. The van der Waals surface area contributed by atoms with E-state index in [2.05, 4.69) is 9.55 Å². The highest BCUT2D eigenvalue weighted by Crippen LogP contribution is 2.35. The largest absolute Gasteiger partial charge is 0.417 e. The molecule has 1 amide bonds. The minimum absolute atomic E-state index is 0.251. The van der Waals surface area contributed by atoms with Crippen LogP contribution in [0.15, 0.2) is 36.7 Å². The molecule has 7 heteroatoms. The molecule has 2 aromatic rings. The van der Waals surface area contributed by atoms with E-state index in [0.29, 0.717) is 13.1 Å². The van der Waals surface area contributed by atoms with Crippen LogP contribution in [-0.4, -0.2) is 33.4 Å². The van der Waals surface area contributed by atoms with Gasteiger partial charge >= 0.3 is 6.18 Å². The molecule has 2 aliphatic rings. The van der Waals surface area contributed by atoms with Gasteiger partial charge in [0.2, 0.25) is 0 Å². The molecule has 0 spiro atoms. The van der Waals surface area contributed by atoms with Crippen LogP contribution >= 0.6 is 0 Å². The smallest absolute Gasteiger partial charge is 0.339 e. The average Bonchev–Trinajstić information content (AvgIpc) is 3.36. The molecule has 2 heterocycles. The second-order valence-electron chi connectivity index (χ2n) is 7.49. The number of likely N-dealkylation sites (tertiary alicyclic amines) is 1. The second-order valence-corrected chi connectivity index (χ2v) is 7.49. The van der Waals surface area contributed by atoms with Crippen LogP contribution in [0.5, 0.6) is 0 Å². The van der Waals surface area contributed by atoms with Crippen LogP contribution < -0.4 is 0 Å². The Morgan fingerprint density at radius 2 is 1.81 bits per heavy atom. The zero-order valence-electron chi connectivity index (χ0n) is 15.0. The number of carbonyl (C=O) groups excluding carboxylic acids is 1. The van der Waals surface area contributed by atoms with Gasteiger partial charge in [-0.05, 0) is 43.7 Å². The summed E-state index contributed by atoms with van der Waals surface area (Å²) < 4.78 is 41.8. The first-order chi connectivity index (χ1) is 12.9. The van der Waals surface area contributed by atoms with Gasteiger partial charge < -0.3 is 9.47 Å². The second kappa shape index (κ2) is 7.02. The Morgan fingerprint density at radius 3 is 2.48 bits per heavy atom. The molecule has 0 unspecified atom stereocenters. The van der Waals surface area contributed by atoms with Crippen LogP contribution in [0.2, 0.25) is 0 Å². The number of hydrogen-bond donors (Lipinski definition) is 0. The molecule has 1 aliphatic heterocycles. The summed E-state index contributed by atoms with van der Waals surface area (Å²) in [7, 11) is 0. The number of halogens is 3. The number of aromatic nitrogens is 2. The summed E-state index contributed by atoms with van der Waals surface area (Å²) in [6.45, 7) is 1.89. The van der Waals surface area contributed by atoms with Gasteiger partial charge in [0.1, 0.15) is 5.82 Å². The number of benzene rings is 1. The highest BCUT2D eigenvalue weighted by atomic mass is 19.4. The third-order valence-corrected chi connectivity index (χ3v) is 5.51. The molecule has 1 aromatic carbocycles. The van der Waals surface area contributed by atoms with E-state index in [-0.39, 0.29) is 11.5 Å². The Bertz CT molecular complexity index is 818. The van der Waals surface area contributed by atoms with Crippen LogP contribution in [0.1, 0.15) is 53.3 Å². The molecule has 1 aliphatic carbocycles. The number of imidazole rings is 1. The number of carbonyl (C=O) groups is 1. The van der Waals surface area contributed by atoms with Crippen molar-refractivity contribution in [1.29, 1.82) is 0 Å². The molecule has 0 radical (unpaired) electrons. The topological polar surface area (TPSA) is 38.1 Å². The lowest BCUT2D eigenvalue weighted by molar-refractivity contribution is -0.138. The fourth-order valence-corrected chi connectivity index (χ4v) is 3.84. The van der Waals surface area contributed by atoms with Crippen molar-refractivity contribution in [2.24, 2.45) is 5.92 Å². The highest BCUT2D eigenvalue weighted by molar-refractivity contribution is 5.96. The fourth-order valence-electron chi connectivity index (χ4n) is 3.84. The van der Waals surface area contributed by atoms with Crippen molar-refractivity contribution >= 4 is 5.91 Å². The number of alkyl halides is 3. The van der Waals surface area contributed by atoms with Crippen molar-refractivity contribution in [3.8, 4) is 0 Å². The van der Waals surface area contributed by atoms with Gasteiger partial charge in [-0.1, -0.05) is 12.1 Å². The first-order valence-corrected chi connectivity index (χ1v) is 9.40. The van der Waals surface area contributed by atoms with Crippen LogP contribution in [-0.2, 0) is 12.7 Å². The number of piperidine rings is 1. The van der Waals surface area contributed by atoms with Gasteiger partial charge in [-0.15, -0.1) is 0 Å². The summed E-state index contributed by atoms with van der Waals surface area (Å²) >= 11 is 0. The van der Waals surface area contributed by atoms with Crippen LogP contribution in [0.3, 0.4) is 0 Å². The lowest BCUT2D eigenvalue weighted by atomic mass is 9.94. The van der Waals surface area contributed by atoms with Crippen LogP contribution in [0, 0.1) is 5.92 Å². The molecular formula is C20H22F3N3O. The Hall–Kier alpha value is -2.31. The normalized spacial score (nSPS) is 18.7. The molecular weight excluding hydrogens is 355 g/mol. The molecule has 1 saturated heterocycles. The molecule has 27 heavy (non-hydrogen) atoms. The summed E-state index contributed by atoms with van der Waals surface area (Å²) in [6.07, 6.45) is 3.27. The quantitative estimate of drug-likeness (QED) is 0.795. The van der Waals surface area contributed by atoms with Crippen LogP contribution in [0.4, 0.5) is 13.2 Å². The minimum Gasteiger partial charge on any atom is -0.339 e. The number of amides is 1. The Morgan fingerprint density at radius 1 is 1.11 bits per heavy atom. The van der Waals surface area contributed by atoms with Crippen molar-refractivity contribution in [3.05, 3.63) is 53.6 Å². The fraction of sp³-hybridized carbons (Fsp3) is 0.500. The van der Waals surface area contributed by atoms with Crippen molar-refractivity contribution in [2.45, 2.75) is 44.3 Å². The maximum absolute atomic E-state index is 13.2. The van der Waals surface area contributed by atoms with E-state index in [1.54, 1.807) is 0 Å². The average molecular weight is 377 g/mol. The van der Waals surface area contributed by atoms with Gasteiger partial charge in [-0.3, -0.25) is 4.79 Å². The molecule has 0 bridgehead atoms. The first kappa shape index (κ1) is 18.1. The summed E-state index contributed by atoms with van der Waals surface area (Å²) in [4.78, 5) is 18.7. The standard InChI is InChI=1S/C20H22F3N3O/c21-20(22,23)17-4-2-1-3-16(17)19(27)25-10-7-15(8-11-25)18-24-9-12-26(18)13-14-5-6-14/h1-4,9,12,14-15H,5-8,10-11,13H2. The molecule has 2 fully saturated rings. The number of nitrogens with zero attached hydrogens (tertiary/aromatic N) is 3. The molecule has 1 saturated carbocycles. The van der Waals surface area contributed by atoms with E-state index in [1.807, 2.05) is 12.4 Å². The lowest BCUT2D eigenvalue weighted by Gasteiger charge is -2.32. The van der Waals surface area contributed by atoms with Gasteiger partial charge in [-0.25, -0.2) is 4.98 Å². The Balaban J connectivity index is 1.44. The number of rotatable bonds is 4. The summed E-state index contributed by atoms with van der Waals surface area (Å²) in [5.41, 5.74) is -1.13. The molecule has 144 valence electrons. The summed E-state index contributed by atoms with van der Waals surface area (Å²) in [6, 6.07) is 5.02. The maximum Gasteiger partial charge on any atom is 0.417 e. The SMILES string of the molecule is O=C(c1ccccc1C(F)(F)F)N1CCC(c2nccn2CC2CC2)CC1. The van der Waals surface area contributed by atoms with Gasteiger partial charge in [0.25, 0.3) is 5.91 Å². The monoisotopic (exact) mass is 377 g/mol. The van der Waals surface area contributed by atoms with E-state index in [1.165, 1.54) is 35.9 Å². The third-order valence-electron chi connectivity index (χ3n) is 5.51. The molecule has 0 atom stereocenters. The van der Waals surface area contributed by atoms with E-state index >= 15 is 0 Å². The van der Waals surface area contributed by atoms with E-state index < -0.39 is 17.6 Å². The van der Waals surface area contributed by atoms with Gasteiger partial charge in [0.05, 0.1) is 11.1 Å². The Kier molecular flexibility index (Phi) is 4.70. The van der Waals surface area contributed by atoms with Gasteiger partial charge in [-0.2, -0.15) is 13.2 Å². The number of hydrogen-bond acceptors (Lipinski definition) is 2.